The first-order valence-electron chi connectivity index (χ1n) is 6.34. The molecule has 1 heterocycles. The van der Waals surface area contributed by atoms with E-state index in [4.69, 9.17) is 4.74 Å². The largest absolute Gasteiger partial charge is 0.489 e. The summed E-state index contributed by atoms with van der Waals surface area (Å²) in [6, 6.07) is 16.3. The van der Waals surface area contributed by atoms with Crippen molar-refractivity contribution in [2.24, 2.45) is 0 Å². The van der Waals surface area contributed by atoms with Crippen molar-refractivity contribution in [1.82, 2.24) is 4.98 Å². The molecule has 94 valence electrons. The number of ether oxygens (including phenoxy) is 1. The summed E-state index contributed by atoms with van der Waals surface area (Å²) in [5, 5.41) is 2.35. The molecule has 1 aromatic heterocycles. The number of rotatable bonds is 3. The van der Waals surface area contributed by atoms with Crippen LogP contribution in [0.4, 0.5) is 0 Å². The Hall–Kier alpha value is -2.35. The number of nitrogens with zero attached hydrogens (tertiary/aromatic N) is 1. The van der Waals surface area contributed by atoms with Gasteiger partial charge in [-0.2, -0.15) is 0 Å². The van der Waals surface area contributed by atoms with Crippen LogP contribution >= 0.6 is 0 Å². The van der Waals surface area contributed by atoms with E-state index in [1.165, 1.54) is 10.9 Å². The second-order valence-electron chi connectivity index (χ2n) is 4.62. The van der Waals surface area contributed by atoms with Crippen LogP contribution in [0.25, 0.3) is 10.8 Å². The Morgan fingerprint density at radius 2 is 1.89 bits per heavy atom. The first kappa shape index (κ1) is 11.7. The summed E-state index contributed by atoms with van der Waals surface area (Å²) in [5.74, 6) is 0.896. The summed E-state index contributed by atoms with van der Waals surface area (Å²) >= 11 is 0. The molecule has 19 heavy (non-hydrogen) atoms. The Balaban J connectivity index is 1.86. The van der Waals surface area contributed by atoms with Crippen molar-refractivity contribution in [1.29, 1.82) is 0 Å². The van der Waals surface area contributed by atoms with Crippen molar-refractivity contribution in [2.45, 2.75) is 13.5 Å². The lowest BCUT2D eigenvalue weighted by Gasteiger charge is -2.09. The molecular weight excluding hydrogens is 234 g/mol. The molecule has 0 aliphatic heterocycles. The fourth-order valence-corrected chi connectivity index (χ4v) is 2.16. The number of hydrogen-bond acceptors (Lipinski definition) is 2. The van der Waals surface area contributed by atoms with Crippen LogP contribution in [0.1, 0.15) is 11.1 Å². The van der Waals surface area contributed by atoms with Gasteiger partial charge < -0.3 is 4.74 Å². The molecule has 0 amide bonds. The Labute approximate surface area is 112 Å². The monoisotopic (exact) mass is 249 g/mol. The van der Waals surface area contributed by atoms with Gasteiger partial charge in [-0.15, -0.1) is 0 Å². The van der Waals surface area contributed by atoms with Crippen LogP contribution in [0.15, 0.2) is 60.9 Å². The third kappa shape index (κ3) is 2.58. The maximum absolute atomic E-state index is 5.84. The number of aryl methyl sites for hydroxylation is 1. The smallest absolute Gasteiger partial charge is 0.120 e. The molecule has 0 saturated heterocycles. The van der Waals surface area contributed by atoms with E-state index in [0.29, 0.717) is 6.61 Å². The zero-order chi connectivity index (χ0) is 13.1. The summed E-state index contributed by atoms with van der Waals surface area (Å²) in [7, 11) is 0. The van der Waals surface area contributed by atoms with E-state index in [1.807, 2.05) is 42.7 Å². The normalized spacial score (nSPS) is 10.6. The predicted octanol–water partition coefficient (Wildman–Crippen LogP) is 4.12. The van der Waals surface area contributed by atoms with Crippen molar-refractivity contribution < 1.29 is 4.74 Å². The van der Waals surface area contributed by atoms with Crippen molar-refractivity contribution in [3.63, 3.8) is 0 Å². The van der Waals surface area contributed by atoms with Gasteiger partial charge in [0.25, 0.3) is 0 Å². The maximum atomic E-state index is 5.84. The molecule has 0 spiro atoms. The quantitative estimate of drug-likeness (QED) is 0.696. The van der Waals surface area contributed by atoms with E-state index in [9.17, 15) is 0 Å². The lowest BCUT2D eigenvalue weighted by Crippen LogP contribution is -1.97. The molecular formula is C17H15NO. The zero-order valence-electron chi connectivity index (χ0n) is 10.8. The van der Waals surface area contributed by atoms with Crippen molar-refractivity contribution >= 4 is 10.8 Å². The Kier molecular flexibility index (Phi) is 3.15. The van der Waals surface area contributed by atoms with Gasteiger partial charge in [-0.25, -0.2) is 0 Å². The molecule has 0 atom stereocenters. The van der Waals surface area contributed by atoms with Crippen molar-refractivity contribution in [3.8, 4) is 5.75 Å². The average Bonchev–Trinajstić information content (AvgIpc) is 2.45. The van der Waals surface area contributed by atoms with Gasteiger partial charge in [-0.05, 0) is 30.0 Å². The fraction of sp³-hybridized carbons (Fsp3) is 0.118. The summed E-state index contributed by atoms with van der Waals surface area (Å²) in [6.07, 6.45) is 3.75. The standard InChI is InChI=1S/C17H15NO/c1-13-5-4-7-16(9-13)19-12-15-11-18-10-14-6-2-3-8-17(14)15/h2-11H,12H2,1H3. The maximum Gasteiger partial charge on any atom is 0.120 e. The van der Waals surface area contributed by atoms with E-state index < -0.39 is 0 Å². The van der Waals surface area contributed by atoms with Gasteiger partial charge in [0.2, 0.25) is 0 Å². The third-order valence-electron chi connectivity index (χ3n) is 3.13. The summed E-state index contributed by atoms with van der Waals surface area (Å²) in [6.45, 7) is 2.60. The minimum Gasteiger partial charge on any atom is -0.489 e. The molecule has 0 saturated carbocycles. The van der Waals surface area contributed by atoms with E-state index in [-0.39, 0.29) is 0 Å². The molecule has 0 aliphatic rings. The lowest BCUT2D eigenvalue weighted by atomic mass is 10.1. The van der Waals surface area contributed by atoms with Crippen molar-refractivity contribution in [2.75, 3.05) is 0 Å². The van der Waals surface area contributed by atoms with E-state index in [2.05, 4.69) is 30.1 Å². The molecule has 0 aliphatic carbocycles. The molecule has 0 unspecified atom stereocenters. The van der Waals surface area contributed by atoms with Gasteiger partial charge in [0.1, 0.15) is 12.4 Å². The van der Waals surface area contributed by atoms with E-state index in [0.717, 1.165) is 16.7 Å². The highest BCUT2D eigenvalue weighted by atomic mass is 16.5. The molecule has 2 nitrogen and oxygen atoms in total. The predicted molar refractivity (Wildman–Crippen MR) is 77.3 cm³/mol. The average molecular weight is 249 g/mol. The van der Waals surface area contributed by atoms with Gasteiger partial charge in [0.05, 0.1) is 0 Å². The van der Waals surface area contributed by atoms with Crippen LogP contribution in [0.2, 0.25) is 0 Å². The molecule has 2 heteroatoms. The molecule has 0 radical (unpaired) electrons. The number of pyridine rings is 1. The van der Waals surface area contributed by atoms with Gasteiger partial charge in [0.15, 0.2) is 0 Å². The molecule has 3 rings (SSSR count). The van der Waals surface area contributed by atoms with Crippen molar-refractivity contribution in [3.05, 3.63) is 72.1 Å². The number of benzene rings is 2. The SMILES string of the molecule is Cc1cccc(OCc2cncc3ccccc23)c1. The van der Waals surface area contributed by atoms with E-state index in [1.54, 1.807) is 0 Å². The minimum atomic E-state index is 0.539. The Morgan fingerprint density at radius 3 is 2.79 bits per heavy atom. The highest BCUT2D eigenvalue weighted by Gasteiger charge is 2.02. The first-order valence-corrected chi connectivity index (χ1v) is 6.34. The second-order valence-corrected chi connectivity index (χ2v) is 4.62. The lowest BCUT2D eigenvalue weighted by molar-refractivity contribution is 0.307. The number of fused-ring (bicyclic) bond motifs is 1. The van der Waals surface area contributed by atoms with Crippen LogP contribution in [0.5, 0.6) is 5.75 Å². The van der Waals surface area contributed by atoms with Gasteiger partial charge in [0, 0.05) is 23.3 Å². The number of hydrogen-bond donors (Lipinski definition) is 0. The minimum absolute atomic E-state index is 0.539. The molecule has 0 bridgehead atoms. The Morgan fingerprint density at radius 1 is 1.00 bits per heavy atom. The molecule has 3 aromatic rings. The molecule has 0 fully saturated rings. The third-order valence-corrected chi connectivity index (χ3v) is 3.13. The summed E-state index contributed by atoms with van der Waals surface area (Å²) in [5.41, 5.74) is 2.31. The van der Waals surface area contributed by atoms with Gasteiger partial charge in [-0.1, -0.05) is 36.4 Å². The van der Waals surface area contributed by atoms with Gasteiger partial charge in [-0.3, -0.25) is 4.98 Å². The first-order chi connectivity index (χ1) is 9.33. The van der Waals surface area contributed by atoms with Crippen LogP contribution in [-0.2, 0) is 6.61 Å². The molecule has 0 N–H and O–H groups in total. The van der Waals surface area contributed by atoms with Gasteiger partial charge >= 0.3 is 0 Å². The zero-order valence-corrected chi connectivity index (χ0v) is 10.8. The fourth-order valence-electron chi connectivity index (χ4n) is 2.16. The van der Waals surface area contributed by atoms with E-state index >= 15 is 0 Å². The highest BCUT2D eigenvalue weighted by Crippen LogP contribution is 2.20. The Bertz CT molecular complexity index is 701. The van der Waals surface area contributed by atoms with Crippen LogP contribution in [-0.4, -0.2) is 4.98 Å². The summed E-state index contributed by atoms with van der Waals surface area (Å²) < 4.78 is 5.84. The van der Waals surface area contributed by atoms with Crippen LogP contribution in [0, 0.1) is 6.92 Å². The summed E-state index contributed by atoms with van der Waals surface area (Å²) in [4.78, 5) is 4.26. The molecule has 2 aromatic carbocycles. The number of aromatic nitrogens is 1. The second kappa shape index (κ2) is 5.11. The highest BCUT2D eigenvalue weighted by molar-refractivity contribution is 5.84. The van der Waals surface area contributed by atoms with Crippen LogP contribution < -0.4 is 4.74 Å². The van der Waals surface area contributed by atoms with Crippen LogP contribution in [0.3, 0.4) is 0 Å². The topological polar surface area (TPSA) is 22.1 Å².